The van der Waals surface area contributed by atoms with E-state index in [1.54, 1.807) is 19.1 Å². The second kappa shape index (κ2) is 18.2. The Morgan fingerprint density at radius 1 is 0.755 bits per heavy atom. The standard InChI is InChI=1S/C19H15ClF3NO7.C14H9Cl2NO5/c1-3-29-17(25)10(2)30-18(26)13-9-12(5-6-15(13)24(27)28)31-16-7-4-11(8-14(16)20)19(21,22)23;1-21-14(18)10-7-9(3-4-12(10)17(19)20)22-13-5-2-8(15)6-11(13)16/h4-10H,3H2,1-2H3;2-7H,1H3. The first kappa shape index (κ1) is 41.8. The van der Waals surface area contributed by atoms with E-state index in [1.165, 1.54) is 25.1 Å². The summed E-state index contributed by atoms with van der Waals surface area (Å²) in [5.41, 5.74) is -2.75. The van der Waals surface area contributed by atoms with Crippen molar-refractivity contribution in [2.75, 3.05) is 13.7 Å². The minimum Gasteiger partial charge on any atom is -0.465 e. The maximum Gasteiger partial charge on any atom is 0.416 e. The van der Waals surface area contributed by atoms with Gasteiger partial charge in [0.2, 0.25) is 0 Å². The van der Waals surface area contributed by atoms with E-state index in [2.05, 4.69) is 4.74 Å². The van der Waals surface area contributed by atoms with E-state index in [0.29, 0.717) is 16.8 Å². The number of carbonyl (C=O) groups excluding carboxylic acids is 3. The molecule has 0 aliphatic carbocycles. The molecule has 0 heterocycles. The first-order valence-electron chi connectivity index (χ1n) is 14.6. The number of hydrogen-bond acceptors (Lipinski definition) is 12. The number of hydrogen-bond donors (Lipinski definition) is 0. The van der Waals surface area contributed by atoms with Crippen LogP contribution in [-0.2, 0) is 25.2 Å². The number of rotatable bonds is 11. The summed E-state index contributed by atoms with van der Waals surface area (Å²) in [6, 6.07) is 13.7. The summed E-state index contributed by atoms with van der Waals surface area (Å²) in [5, 5.41) is 22.5. The Bertz CT molecular complexity index is 2050. The fourth-order valence-corrected chi connectivity index (χ4v) is 4.68. The SMILES string of the molecule is CCOC(=O)C(C)OC(=O)c1cc(Oc2ccc(C(F)(F)F)cc2Cl)ccc1[N+](=O)[O-].COC(=O)c1cc(Oc2ccc(Cl)cc2Cl)ccc1[N+](=O)[O-]. The molecule has 14 nitrogen and oxygen atoms in total. The molecule has 4 aromatic carbocycles. The molecule has 20 heteroatoms. The first-order valence-corrected chi connectivity index (χ1v) is 15.7. The molecule has 280 valence electrons. The van der Waals surface area contributed by atoms with E-state index in [1.807, 2.05) is 0 Å². The highest BCUT2D eigenvalue weighted by Gasteiger charge is 2.31. The third-order valence-corrected chi connectivity index (χ3v) is 7.29. The zero-order chi connectivity index (χ0) is 39.6. The van der Waals surface area contributed by atoms with Crippen LogP contribution in [0.25, 0.3) is 0 Å². The quantitative estimate of drug-likeness (QED) is 0.0606. The lowest BCUT2D eigenvalue weighted by Crippen LogP contribution is -2.26. The fourth-order valence-electron chi connectivity index (χ4n) is 4.02. The smallest absolute Gasteiger partial charge is 0.416 e. The van der Waals surface area contributed by atoms with Crippen molar-refractivity contribution < 1.29 is 61.1 Å². The Morgan fingerprint density at radius 3 is 1.68 bits per heavy atom. The van der Waals surface area contributed by atoms with Crippen LogP contribution in [0.15, 0.2) is 72.8 Å². The van der Waals surface area contributed by atoms with Crippen molar-refractivity contribution >= 4 is 64.1 Å². The van der Waals surface area contributed by atoms with Gasteiger partial charge in [0.15, 0.2) is 6.10 Å². The Kier molecular flexibility index (Phi) is 14.4. The molecule has 0 N–H and O–H groups in total. The summed E-state index contributed by atoms with van der Waals surface area (Å²) in [5.74, 6) is -2.69. The fraction of sp³-hybridized carbons (Fsp3) is 0.182. The van der Waals surface area contributed by atoms with Crippen LogP contribution in [0.3, 0.4) is 0 Å². The van der Waals surface area contributed by atoms with Gasteiger partial charge in [-0.2, -0.15) is 13.2 Å². The first-order chi connectivity index (χ1) is 24.9. The zero-order valence-corrected chi connectivity index (χ0v) is 29.5. The maximum absolute atomic E-state index is 12.8. The summed E-state index contributed by atoms with van der Waals surface area (Å²) in [4.78, 5) is 56.3. The van der Waals surface area contributed by atoms with Gasteiger partial charge in [-0.1, -0.05) is 34.8 Å². The third kappa shape index (κ3) is 11.4. The van der Waals surface area contributed by atoms with Gasteiger partial charge in [0.25, 0.3) is 11.4 Å². The van der Waals surface area contributed by atoms with Crippen LogP contribution < -0.4 is 9.47 Å². The third-order valence-electron chi connectivity index (χ3n) is 6.47. The van der Waals surface area contributed by atoms with Gasteiger partial charge in [-0.05, 0) is 62.4 Å². The Morgan fingerprint density at radius 2 is 1.25 bits per heavy atom. The number of carbonyl (C=O) groups is 3. The molecule has 1 unspecified atom stereocenters. The largest absolute Gasteiger partial charge is 0.465 e. The average Bonchev–Trinajstić information content (AvgIpc) is 3.09. The van der Waals surface area contributed by atoms with Crippen LogP contribution in [-0.4, -0.2) is 47.6 Å². The van der Waals surface area contributed by atoms with Gasteiger partial charge in [-0.15, -0.1) is 0 Å². The van der Waals surface area contributed by atoms with Crippen LogP contribution in [0.5, 0.6) is 23.0 Å². The van der Waals surface area contributed by atoms with Crippen LogP contribution in [0.1, 0.15) is 40.1 Å². The summed E-state index contributed by atoms with van der Waals surface area (Å²) in [6.45, 7) is 2.81. The van der Waals surface area contributed by atoms with Gasteiger partial charge in [-0.25, -0.2) is 14.4 Å². The van der Waals surface area contributed by atoms with Gasteiger partial charge in [0.05, 0.1) is 39.2 Å². The molecule has 0 saturated carbocycles. The second-order valence-corrected chi connectivity index (χ2v) is 11.3. The van der Waals surface area contributed by atoms with Crippen molar-refractivity contribution in [1.29, 1.82) is 0 Å². The van der Waals surface area contributed by atoms with E-state index in [4.69, 9.17) is 53.8 Å². The van der Waals surface area contributed by atoms with Crippen LogP contribution in [0.4, 0.5) is 24.5 Å². The molecule has 0 spiro atoms. The topological polar surface area (TPSA) is 184 Å². The maximum atomic E-state index is 12.8. The molecule has 0 aliphatic rings. The average molecular weight is 804 g/mol. The van der Waals surface area contributed by atoms with Gasteiger partial charge < -0.3 is 23.7 Å². The van der Waals surface area contributed by atoms with Crippen molar-refractivity contribution in [1.82, 2.24) is 0 Å². The molecule has 0 bridgehead atoms. The second-order valence-electron chi connectivity index (χ2n) is 10.1. The Labute approximate surface area is 312 Å². The van der Waals surface area contributed by atoms with Gasteiger partial charge in [-0.3, -0.25) is 20.2 Å². The number of alkyl halides is 3. The van der Waals surface area contributed by atoms with E-state index in [-0.39, 0.29) is 45.2 Å². The summed E-state index contributed by atoms with van der Waals surface area (Å²) in [7, 11) is 1.13. The lowest BCUT2D eigenvalue weighted by atomic mass is 10.1. The Hall–Kier alpha value is -5.65. The molecule has 53 heavy (non-hydrogen) atoms. The van der Waals surface area contributed by atoms with Crippen molar-refractivity contribution in [3.8, 4) is 23.0 Å². The lowest BCUT2D eigenvalue weighted by Gasteiger charge is -2.13. The normalized spacial score (nSPS) is 11.3. The van der Waals surface area contributed by atoms with Crippen molar-refractivity contribution in [2.45, 2.75) is 26.1 Å². The predicted octanol–water partition coefficient (Wildman–Crippen LogP) is 9.65. The lowest BCUT2D eigenvalue weighted by molar-refractivity contribution is -0.385. The van der Waals surface area contributed by atoms with Crippen molar-refractivity contribution in [3.05, 3.63) is 125 Å². The highest BCUT2D eigenvalue weighted by molar-refractivity contribution is 6.35. The highest BCUT2D eigenvalue weighted by Crippen LogP contribution is 2.38. The van der Waals surface area contributed by atoms with E-state index >= 15 is 0 Å². The summed E-state index contributed by atoms with van der Waals surface area (Å²) >= 11 is 17.6. The minimum atomic E-state index is -4.61. The molecular weight excluding hydrogens is 780 g/mol. The molecule has 0 saturated heterocycles. The van der Waals surface area contributed by atoms with Crippen LogP contribution in [0, 0.1) is 20.2 Å². The highest BCUT2D eigenvalue weighted by atomic mass is 35.5. The molecular formula is C33H24Cl3F3N2O12. The number of nitro groups is 2. The molecule has 4 aromatic rings. The van der Waals surface area contributed by atoms with Gasteiger partial charge in [0, 0.05) is 29.3 Å². The molecule has 0 aromatic heterocycles. The van der Waals surface area contributed by atoms with Crippen molar-refractivity contribution in [3.63, 3.8) is 0 Å². The molecule has 0 radical (unpaired) electrons. The molecule has 0 fully saturated rings. The van der Waals surface area contributed by atoms with E-state index < -0.39 is 56.8 Å². The summed E-state index contributed by atoms with van der Waals surface area (Å²) in [6.07, 6.45) is -5.94. The Balaban J connectivity index is 0.000000302. The number of benzene rings is 4. The molecule has 4 rings (SSSR count). The number of ether oxygens (including phenoxy) is 5. The number of nitrogens with zero attached hydrogens (tertiary/aromatic N) is 2. The number of nitro benzene ring substituents is 2. The van der Waals surface area contributed by atoms with E-state index in [9.17, 15) is 47.8 Å². The molecule has 1 atom stereocenters. The number of methoxy groups -OCH3 is 1. The van der Waals surface area contributed by atoms with Gasteiger partial charge in [0.1, 0.15) is 34.1 Å². The molecule has 0 aliphatic heterocycles. The zero-order valence-electron chi connectivity index (χ0n) is 27.3. The monoisotopic (exact) mass is 802 g/mol. The van der Waals surface area contributed by atoms with E-state index in [0.717, 1.165) is 43.5 Å². The summed E-state index contributed by atoms with van der Waals surface area (Å²) < 4.78 is 63.3. The number of halogens is 6. The number of esters is 3. The predicted molar refractivity (Wildman–Crippen MR) is 182 cm³/mol. The molecule has 0 amide bonds. The minimum absolute atomic E-state index is 0.0398. The van der Waals surface area contributed by atoms with Crippen LogP contribution in [0.2, 0.25) is 15.1 Å². The van der Waals surface area contributed by atoms with Gasteiger partial charge >= 0.3 is 24.1 Å². The van der Waals surface area contributed by atoms with Crippen LogP contribution >= 0.6 is 34.8 Å². The van der Waals surface area contributed by atoms with Crippen molar-refractivity contribution in [2.24, 2.45) is 0 Å².